The molecule has 0 saturated carbocycles. The lowest BCUT2D eigenvalue weighted by molar-refractivity contribution is -0.123. The second-order valence-electron chi connectivity index (χ2n) is 5.21. The fourth-order valence-electron chi connectivity index (χ4n) is 2.17. The zero-order valence-corrected chi connectivity index (χ0v) is 15.6. The number of halogens is 3. The molecule has 134 valence electrons. The van der Waals surface area contributed by atoms with Crippen molar-refractivity contribution in [1.82, 2.24) is 20.1 Å². The van der Waals surface area contributed by atoms with Gasteiger partial charge < -0.3 is 10.1 Å². The molecule has 9 heteroatoms. The van der Waals surface area contributed by atoms with Crippen LogP contribution in [0.25, 0.3) is 5.69 Å². The zero-order chi connectivity index (χ0) is 18.5. The van der Waals surface area contributed by atoms with Crippen molar-refractivity contribution in [3.05, 3.63) is 69.7 Å². The second kappa shape index (κ2) is 8.40. The molecular weight excluding hydrogens is 399 g/mol. The smallest absolute Gasteiger partial charge is 0.258 e. The van der Waals surface area contributed by atoms with Gasteiger partial charge in [0.15, 0.2) is 12.4 Å². The molecule has 0 aliphatic rings. The molecule has 0 spiro atoms. The Labute approximate surface area is 164 Å². The van der Waals surface area contributed by atoms with E-state index in [0.29, 0.717) is 15.9 Å². The quantitative estimate of drug-likeness (QED) is 0.624. The summed E-state index contributed by atoms with van der Waals surface area (Å²) in [5, 5.41) is 11.5. The fourth-order valence-corrected chi connectivity index (χ4v) is 2.76. The SMILES string of the molecule is O=C(COc1cc(Cl)c(Cl)cc1Cl)NCc1nncn1-c1ccccc1. The van der Waals surface area contributed by atoms with Gasteiger partial charge in [0.25, 0.3) is 5.91 Å². The lowest BCUT2D eigenvalue weighted by atomic mass is 10.3. The summed E-state index contributed by atoms with van der Waals surface area (Å²) in [6.07, 6.45) is 1.59. The Morgan fingerprint density at radius 2 is 1.81 bits per heavy atom. The second-order valence-corrected chi connectivity index (χ2v) is 6.44. The van der Waals surface area contributed by atoms with Crippen LogP contribution in [0, 0.1) is 0 Å². The maximum absolute atomic E-state index is 12.0. The van der Waals surface area contributed by atoms with Crippen LogP contribution in [0.5, 0.6) is 5.75 Å². The largest absolute Gasteiger partial charge is 0.482 e. The maximum Gasteiger partial charge on any atom is 0.258 e. The summed E-state index contributed by atoms with van der Waals surface area (Å²) in [6.45, 7) is -0.0245. The van der Waals surface area contributed by atoms with Crippen LogP contribution in [-0.4, -0.2) is 27.3 Å². The summed E-state index contributed by atoms with van der Waals surface area (Å²) >= 11 is 17.8. The standard InChI is InChI=1S/C17H13Cl3N4O2/c18-12-6-14(20)15(7-13(12)19)26-9-17(25)21-8-16-23-22-10-24(16)11-4-2-1-3-5-11/h1-7,10H,8-9H2,(H,21,25). The third-order valence-electron chi connectivity index (χ3n) is 3.43. The Bertz CT molecular complexity index is 916. The number of nitrogens with one attached hydrogen (secondary N) is 1. The first-order valence-corrected chi connectivity index (χ1v) is 8.66. The number of aromatic nitrogens is 3. The number of hydrogen-bond donors (Lipinski definition) is 1. The lowest BCUT2D eigenvalue weighted by Gasteiger charge is -2.10. The maximum atomic E-state index is 12.0. The molecule has 0 unspecified atom stereocenters. The molecule has 1 amide bonds. The van der Waals surface area contributed by atoms with E-state index in [9.17, 15) is 4.79 Å². The summed E-state index contributed by atoms with van der Waals surface area (Å²) < 4.78 is 7.18. The molecule has 0 bridgehead atoms. The predicted octanol–water partition coefficient (Wildman–Crippen LogP) is 3.92. The van der Waals surface area contributed by atoms with Gasteiger partial charge in [0.05, 0.1) is 21.6 Å². The first-order chi connectivity index (χ1) is 12.5. The van der Waals surface area contributed by atoms with E-state index >= 15 is 0 Å². The van der Waals surface area contributed by atoms with Gasteiger partial charge in [-0.1, -0.05) is 53.0 Å². The van der Waals surface area contributed by atoms with Gasteiger partial charge in [-0.2, -0.15) is 0 Å². The van der Waals surface area contributed by atoms with Gasteiger partial charge in [0.2, 0.25) is 0 Å². The van der Waals surface area contributed by atoms with E-state index < -0.39 is 0 Å². The van der Waals surface area contributed by atoms with Crippen LogP contribution in [0.4, 0.5) is 0 Å². The molecule has 0 aliphatic heterocycles. The van der Waals surface area contributed by atoms with Crippen molar-refractivity contribution in [3.63, 3.8) is 0 Å². The van der Waals surface area contributed by atoms with Crippen LogP contribution in [0.1, 0.15) is 5.82 Å². The highest BCUT2D eigenvalue weighted by molar-refractivity contribution is 6.43. The first-order valence-electron chi connectivity index (χ1n) is 7.53. The van der Waals surface area contributed by atoms with Crippen LogP contribution in [0.2, 0.25) is 15.1 Å². The van der Waals surface area contributed by atoms with Gasteiger partial charge in [-0.3, -0.25) is 9.36 Å². The minimum absolute atomic E-state index is 0.201. The molecule has 6 nitrogen and oxygen atoms in total. The molecule has 3 aromatic rings. The molecule has 0 fully saturated rings. The molecule has 1 N–H and O–H groups in total. The Morgan fingerprint density at radius 3 is 2.58 bits per heavy atom. The number of rotatable bonds is 6. The Hall–Kier alpha value is -2.28. The van der Waals surface area contributed by atoms with E-state index in [-0.39, 0.29) is 29.8 Å². The van der Waals surface area contributed by atoms with E-state index in [2.05, 4.69) is 15.5 Å². The van der Waals surface area contributed by atoms with E-state index in [1.807, 2.05) is 30.3 Å². The van der Waals surface area contributed by atoms with Crippen molar-refractivity contribution in [2.45, 2.75) is 6.54 Å². The van der Waals surface area contributed by atoms with Crippen LogP contribution < -0.4 is 10.1 Å². The van der Waals surface area contributed by atoms with E-state index in [1.54, 1.807) is 10.9 Å². The number of para-hydroxylation sites is 1. The molecule has 3 rings (SSSR count). The van der Waals surface area contributed by atoms with Gasteiger partial charge in [-0.25, -0.2) is 0 Å². The highest BCUT2D eigenvalue weighted by Gasteiger charge is 2.11. The van der Waals surface area contributed by atoms with Crippen LogP contribution in [-0.2, 0) is 11.3 Å². The summed E-state index contributed by atoms with van der Waals surface area (Å²) in [5.74, 6) is 0.538. The first kappa shape index (κ1) is 18.5. The molecule has 1 heterocycles. The molecule has 1 aromatic heterocycles. The third kappa shape index (κ3) is 4.46. The van der Waals surface area contributed by atoms with Crippen molar-refractivity contribution in [3.8, 4) is 11.4 Å². The Kier molecular flexibility index (Phi) is 5.98. The van der Waals surface area contributed by atoms with Gasteiger partial charge in [-0.05, 0) is 18.2 Å². The van der Waals surface area contributed by atoms with Crippen molar-refractivity contribution in [1.29, 1.82) is 0 Å². The fraction of sp³-hybridized carbons (Fsp3) is 0.118. The molecule has 26 heavy (non-hydrogen) atoms. The predicted molar refractivity (Wildman–Crippen MR) is 100 cm³/mol. The summed E-state index contributed by atoms with van der Waals surface area (Å²) in [7, 11) is 0. The number of carbonyl (C=O) groups is 1. The zero-order valence-electron chi connectivity index (χ0n) is 13.3. The van der Waals surface area contributed by atoms with Gasteiger partial charge in [0.1, 0.15) is 12.1 Å². The highest BCUT2D eigenvalue weighted by Crippen LogP contribution is 2.33. The number of hydrogen-bond acceptors (Lipinski definition) is 4. The van der Waals surface area contributed by atoms with Crippen LogP contribution in [0.15, 0.2) is 48.8 Å². The van der Waals surface area contributed by atoms with Crippen molar-refractivity contribution >= 4 is 40.7 Å². The Morgan fingerprint density at radius 1 is 1.08 bits per heavy atom. The van der Waals surface area contributed by atoms with Gasteiger partial charge >= 0.3 is 0 Å². The van der Waals surface area contributed by atoms with Crippen molar-refractivity contribution < 1.29 is 9.53 Å². The highest BCUT2D eigenvalue weighted by atomic mass is 35.5. The van der Waals surface area contributed by atoms with Crippen molar-refractivity contribution in [2.24, 2.45) is 0 Å². The number of amides is 1. The number of nitrogens with zero attached hydrogens (tertiary/aromatic N) is 3. The van der Waals surface area contributed by atoms with Gasteiger partial charge in [-0.15, -0.1) is 10.2 Å². The number of carbonyl (C=O) groups excluding carboxylic acids is 1. The molecule has 0 aliphatic carbocycles. The van der Waals surface area contributed by atoms with E-state index in [4.69, 9.17) is 39.5 Å². The average molecular weight is 412 g/mol. The van der Waals surface area contributed by atoms with E-state index in [0.717, 1.165) is 5.69 Å². The summed E-state index contributed by atoms with van der Waals surface area (Å²) in [5.41, 5.74) is 0.903. The number of ether oxygens (including phenoxy) is 1. The molecule has 2 aromatic carbocycles. The van der Waals surface area contributed by atoms with E-state index in [1.165, 1.54) is 12.1 Å². The number of benzene rings is 2. The Balaban J connectivity index is 1.57. The van der Waals surface area contributed by atoms with Crippen LogP contribution in [0.3, 0.4) is 0 Å². The molecule has 0 atom stereocenters. The normalized spacial score (nSPS) is 10.6. The summed E-state index contributed by atoms with van der Waals surface area (Å²) in [4.78, 5) is 12.0. The third-order valence-corrected chi connectivity index (χ3v) is 4.45. The average Bonchev–Trinajstić information content (AvgIpc) is 3.11. The minimum Gasteiger partial charge on any atom is -0.482 e. The molecular formula is C17H13Cl3N4O2. The minimum atomic E-state index is -0.338. The molecule has 0 radical (unpaired) electrons. The van der Waals surface area contributed by atoms with Crippen molar-refractivity contribution in [2.75, 3.05) is 6.61 Å². The van der Waals surface area contributed by atoms with Gasteiger partial charge in [0, 0.05) is 11.8 Å². The topological polar surface area (TPSA) is 69.0 Å². The molecule has 0 saturated heterocycles. The monoisotopic (exact) mass is 410 g/mol. The summed E-state index contributed by atoms with van der Waals surface area (Å²) in [6, 6.07) is 12.5. The lowest BCUT2D eigenvalue weighted by Crippen LogP contribution is -2.29. The van der Waals surface area contributed by atoms with Crippen LogP contribution >= 0.6 is 34.8 Å².